The van der Waals surface area contributed by atoms with Gasteiger partial charge in [-0.05, 0) is 45.3 Å². The number of allylic oxidation sites excluding steroid dienone is 7. The summed E-state index contributed by atoms with van der Waals surface area (Å²) in [7, 11) is 1.42. The Labute approximate surface area is 200 Å². The van der Waals surface area contributed by atoms with Gasteiger partial charge in [0.2, 0.25) is 0 Å². The standard InChI is InChI=1S/C24H18BrN3O6/c1-26-23(32)27-5-4-14-17(28(27)24(26)33)8-15-21(18(30)9-16(25)22(15)31)20(14)12-6-11-7-13(29)2-3-19(11)34-10-12/h2-4,7,9-10,17,20,29H,5-6,8H2,1H3/t17-,20+/m1/s1. The van der Waals surface area contributed by atoms with E-state index in [4.69, 9.17) is 4.74 Å². The SMILES string of the molecule is Cn1c(=O)n2n(c1=O)[C@@H]1CC3=C(C(=O)C=C(Br)C3=O)[C@@H](C3=COc4ccc(O)cc4C3)C1=CC2. The number of rotatable bonds is 1. The van der Waals surface area contributed by atoms with Crippen LogP contribution in [0.3, 0.4) is 0 Å². The molecule has 9 nitrogen and oxygen atoms in total. The highest BCUT2D eigenvalue weighted by Gasteiger charge is 2.46. The fourth-order valence-corrected chi connectivity index (χ4v) is 5.84. The summed E-state index contributed by atoms with van der Waals surface area (Å²) in [5.41, 5.74) is 2.04. The van der Waals surface area contributed by atoms with Gasteiger partial charge in [0, 0.05) is 48.6 Å². The lowest BCUT2D eigenvalue weighted by Crippen LogP contribution is -2.42. The van der Waals surface area contributed by atoms with Gasteiger partial charge in [0.05, 0.1) is 23.3 Å². The summed E-state index contributed by atoms with van der Waals surface area (Å²) in [6.45, 7) is 0.174. The monoisotopic (exact) mass is 523 g/mol. The molecule has 6 rings (SSSR count). The zero-order valence-electron chi connectivity index (χ0n) is 17.9. The molecule has 0 saturated carbocycles. The third-order valence-electron chi connectivity index (χ3n) is 6.94. The van der Waals surface area contributed by atoms with Crippen molar-refractivity contribution in [2.75, 3.05) is 0 Å². The summed E-state index contributed by atoms with van der Waals surface area (Å²) in [6, 6.07) is 4.21. The molecule has 2 aliphatic heterocycles. The van der Waals surface area contributed by atoms with Crippen molar-refractivity contribution in [3.63, 3.8) is 0 Å². The third kappa shape index (κ3) is 2.78. The van der Waals surface area contributed by atoms with E-state index >= 15 is 0 Å². The molecule has 0 spiro atoms. The summed E-state index contributed by atoms with van der Waals surface area (Å²) >= 11 is 3.20. The number of carbonyl (C=O) groups is 2. The van der Waals surface area contributed by atoms with Crippen LogP contribution in [0.4, 0.5) is 0 Å². The first-order chi connectivity index (χ1) is 16.3. The maximum absolute atomic E-state index is 13.2. The molecular weight excluding hydrogens is 506 g/mol. The number of benzene rings is 1. The average Bonchev–Trinajstić information content (AvgIpc) is 3.04. The number of ether oxygens (including phenoxy) is 1. The van der Waals surface area contributed by atoms with Gasteiger partial charge in [-0.15, -0.1) is 0 Å². The van der Waals surface area contributed by atoms with E-state index < -0.39 is 23.3 Å². The van der Waals surface area contributed by atoms with Crippen LogP contribution in [0.15, 0.2) is 73.0 Å². The number of aromatic nitrogens is 3. The number of halogens is 1. The van der Waals surface area contributed by atoms with E-state index in [0.717, 1.165) is 21.3 Å². The first-order valence-corrected chi connectivity index (χ1v) is 11.5. The van der Waals surface area contributed by atoms with Crippen molar-refractivity contribution in [3.05, 3.63) is 89.9 Å². The van der Waals surface area contributed by atoms with Crippen molar-refractivity contribution >= 4 is 27.5 Å². The largest absolute Gasteiger partial charge is 0.508 e. The van der Waals surface area contributed by atoms with Crippen LogP contribution in [0, 0.1) is 5.92 Å². The van der Waals surface area contributed by atoms with Gasteiger partial charge in [0.15, 0.2) is 11.6 Å². The van der Waals surface area contributed by atoms with E-state index in [9.17, 15) is 24.3 Å². The minimum absolute atomic E-state index is 0.0950. The number of carbonyl (C=O) groups excluding carboxylic acids is 2. The zero-order valence-corrected chi connectivity index (χ0v) is 19.5. The lowest BCUT2D eigenvalue weighted by atomic mass is 9.68. The highest BCUT2D eigenvalue weighted by molar-refractivity contribution is 9.12. The number of fused-ring (bicyclic) bond motifs is 4. The first-order valence-electron chi connectivity index (χ1n) is 10.7. The molecule has 0 amide bonds. The zero-order chi connectivity index (χ0) is 23.9. The molecular formula is C24H18BrN3O6. The molecule has 172 valence electrons. The van der Waals surface area contributed by atoms with Crippen molar-refractivity contribution in [3.8, 4) is 11.5 Å². The van der Waals surface area contributed by atoms with E-state index in [-0.39, 0.29) is 34.8 Å². The van der Waals surface area contributed by atoms with Crippen LogP contribution in [-0.2, 0) is 29.6 Å². The van der Waals surface area contributed by atoms with Crippen molar-refractivity contribution in [1.29, 1.82) is 0 Å². The average molecular weight is 524 g/mol. The van der Waals surface area contributed by atoms with Gasteiger partial charge in [-0.1, -0.05) is 6.08 Å². The predicted molar refractivity (Wildman–Crippen MR) is 124 cm³/mol. The van der Waals surface area contributed by atoms with Crippen LogP contribution >= 0.6 is 15.9 Å². The van der Waals surface area contributed by atoms with E-state index in [0.29, 0.717) is 23.3 Å². The van der Waals surface area contributed by atoms with E-state index in [2.05, 4.69) is 15.9 Å². The minimum atomic E-state index is -0.603. The molecule has 1 N–H and O–H groups in total. The fourth-order valence-electron chi connectivity index (χ4n) is 5.40. The van der Waals surface area contributed by atoms with Crippen LogP contribution in [0.1, 0.15) is 18.0 Å². The highest BCUT2D eigenvalue weighted by atomic mass is 79.9. The summed E-state index contributed by atoms with van der Waals surface area (Å²) < 4.78 is 9.79. The molecule has 2 aliphatic carbocycles. The quantitative estimate of drug-likeness (QED) is 0.450. The van der Waals surface area contributed by atoms with Crippen LogP contribution in [-0.4, -0.2) is 30.6 Å². The van der Waals surface area contributed by atoms with Crippen LogP contribution in [0.2, 0.25) is 0 Å². The number of phenolic OH excluding ortho intramolecular Hbond substituents is 1. The Morgan fingerprint density at radius 1 is 1.15 bits per heavy atom. The molecule has 0 fully saturated rings. The lowest BCUT2D eigenvalue weighted by Gasteiger charge is -2.40. The Kier molecular flexibility index (Phi) is 4.41. The second-order valence-electron chi connectivity index (χ2n) is 8.77. The van der Waals surface area contributed by atoms with Gasteiger partial charge in [0.25, 0.3) is 0 Å². The van der Waals surface area contributed by atoms with Crippen LogP contribution < -0.4 is 16.1 Å². The number of hydrogen-bond acceptors (Lipinski definition) is 6. The molecule has 0 bridgehead atoms. The Morgan fingerprint density at radius 3 is 2.74 bits per heavy atom. The molecule has 3 heterocycles. The number of aromatic hydroxyl groups is 1. The molecule has 0 radical (unpaired) electrons. The second kappa shape index (κ2) is 7.17. The second-order valence-corrected chi connectivity index (χ2v) is 9.62. The number of Topliss-reactive ketones (excluding diaryl/α,β-unsaturated/α-hetero) is 1. The summed E-state index contributed by atoms with van der Waals surface area (Å²) in [5, 5.41) is 9.95. The van der Waals surface area contributed by atoms with Crippen molar-refractivity contribution in [2.24, 2.45) is 13.0 Å². The van der Waals surface area contributed by atoms with Gasteiger partial charge in [-0.2, -0.15) is 0 Å². The normalized spacial score (nSPS) is 23.2. The molecule has 4 aliphatic rings. The van der Waals surface area contributed by atoms with Gasteiger partial charge >= 0.3 is 11.4 Å². The van der Waals surface area contributed by atoms with Crippen LogP contribution in [0.5, 0.6) is 11.5 Å². The summed E-state index contributed by atoms with van der Waals surface area (Å²) in [4.78, 5) is 51.9. The predicted octanol–water partition coefficient (Wildman–Crippen LogP) is 1.80. The number of ketones is 2. The van der Waals surface area contributed by atoms with E-state index in [1.807, 2.05) is 6.08 Å². The van der Waals surface area contributed by atoms with Gasteiger partial charge in [0.1, 0.15) is 11.5 Å². The highest BCUT2D eigenvalue weighted by Crippen LogP contribution is 2.49. The number of phenols is 1. The van der Waals surface area contributed by atoms with Gasteiger partial charge in [-0.3, -0.25) is 9.59 Å². The lowest BCUT2D eigenvalue weighted by molar-refractivity contribution is -0.116. The van der Waals surface area contributed by atoms with E-state index in [1.54, 1.807) is 18.4 Å². The first kappa shape index (κ1) is 20.9. The maximum Gasteiger partial charge on any atom is 0.347 e. The maximum atomic E-state index is 13.2. The fraction of sp³-hybridized carbons (Fsp3) is 0.250. The van der Waals surface area contributed by atoms with Crippen molar-refractivity contribution < 1.29 is 19.4 Å². The molecule has 10 heteroatoms. The molecule has 0 unspecified atom stereocenters. The molecule has 34 heavy (non-hydrogen) atoms. The van der Waals surface area contributed by atoms with Crippen molar-refractivity contribution in [1.82, 2.24) is 13.9 Å². The van der Waals surface area contributed by atoms with Gasteiger partial charge in [-0.25, -0.2) is 23.5 Å². The molecule has 0 saturated heterocycles. The molecule has 1 aromatic heterocycles. The molecule has 1 aromatic carbocycles. The topological polar surface area (TPSA) is 113 Å². The number of hydrogen-bond donors (Lipinski definition) is 1. The Balaban J connectivity index is 1.55. The molecule has 2 aromatic rings. The third-order valence-corrected chi connectivity index (χ3v) is 7.53. The summed E-state index contributed by atoms with van der Waals surface area (Å²) in [5.74, 6) is -0.497. The Bertz CT molecular complexity index is 1580. The smallest absolute Gasteiger partial charge is 0.347 e. The Hall–Kier alpha value is -3.66. The summed E-state index contributed by atoms with van der Waals surface area (Å²) in [6.07, 6.45) is 5.24. The van der Waals surface area contributed by atoms with E-state index in [1.165, 1.54) is 28.6 Å². The number of nitrogens with zero attached hydrogens (tertiary/aromatic N) is 3. The van der Waals surface area contributed by atoms with Crippen molar-refractivity contribution in [2.45, 2.75) is 25.4 Å². The van der Waals surface area contributed by atoms with Crippen LogP contribution in [0.25, 0.3) is 0 Å². The molecule has 2 atom stereocenters. The Morgan fingerprint density at radius 2 is 1.94 bits per heavy atom. The minimum Gasteiger partial charge on any atom is -0.508 e. The van der Waals surface area contributed by atoms with Gasteiger partial charge < -0.3 is 9.84 Å².